The lowest BCUT2D eigenvalue weighted by molar-refractivity contribution is -0.122. The zero-order valence-electron chi connectivity index (χ0n) is 17.6. The molecule has 0 N–H and O–H groups in total. The minimum atomic E-state index is 0.00862. The van der Waals surface area contributed by atoms with Crippen molar-refractivity contribution < 1.29 is 4.79 Å². The summed E-state index contributed by atoms with van der Waals surface area (Å²) >= 11 is 3.13. The van der Waals surface area contributed by atoms with Gasteiger partial charge in [-0.05, 0) is 68.4 Å². The average molecular weight is 447 g/mol. The summed E-state index contributed by atoms with van der Waals surface area (Å²) in [4.78, 5) is 27.4. The van der Waals surface area contributed by atoms with Gasteiger partial charge in [0.15, 0.2) is 5.17 Å². The van der Waals surface area contributed by atoms with Crippen molar-refractivity contribution in [2.75, 3.05) is 18.0 Å². The number of hydrogen-bond donors (Lipinski definition) is 0. The molecule has 1 saturated heterocycles. The smallest absolute Gasteiger partial charge is 0.268 e. The summed E-state index contributed by atoms with van der Waals surface area (Å²) in [6.07, 6.45) is 4.13. The molecule has 0 saturated carbocycles. The molecule has 1 fully saturated rings. The van der Waals surface area contributed by atoms with Gasteiger partial charge < -0.3 is 4.90 Å². The van der Waals surface area contributed by atoms with Crippen LogP contribution in [0, 0.1) is 6.92 Å². The van der Waals surface area contributed by atoms with Gasteiger partial charge in [-0.2, -0.15) is 0 Å². The molecule has 1 aromatic heterocycles. The maximum atomic E-state index is 13.3. The lowest BCUT2D eigenvalue weighted by Gasteiger charge is -2.30. The standard InChI is InChI=1S/C24H22N4OS2/c1-4-27-19-9-7-6-8-16(19)10-12-20(27)22-23(29)28(5-2)24(31-22)26-17-11-13-21-18(14-17)25-15(3)30-21/h6-14H,4-5H2,1-3H3/b22-20+,26-24?. The lowest BCUT2D eigenvalue weighted by Crippen LogP contribution is -2.30. The summed E-state index contributed by atoms with van der Waals surface area (Å²) < 4.78 is 1.15. The van der Waals surface area contributed by atoms with Crippen molar-refractivity contribution in [1.29, 1.82) is 0 Å². The van der Waals surface area contributed by atoms with Gasteiger partial charge in [0.1, 0.15) is 4.91 Å². The first-order valence-corrected chi connectivity index (χ1v) is 12.0. The Morgan fingerprint density at radius 1 is 1.03 bits per heavy atom. The first-order chi connectivity index (χ1) is 15.1. The molecule has 3 aromatic rings. The number of nitrogens with zero attached hydrogens (tertiary/aromatic N) is 4. The number of carbonyl (C=O) groups excluding carboxylic acids is 1. The number of anilines is 1. The highest BCUT2D eigenvalue weighted by Gasteiger charge is 2.36. The molecule has 1 amide bonds. The third-order valence-corrected chi connectivity index (χ3v) is 7.40. The topological polar surface area (TPSA) is 48.8 Å². The van der Waals surface area contributed by atoms with Crippen LogP contribution in [0.15, 0.2) is 64.1 Å². The Balaban J connectivity index is 1.56. The number of thioether (sulfide) groups is 1. The van der Waals surface area contributed by atoms with Gasteiger partial charge in [-0.3, -0.25) is 9.69 Å². The second kappa shape index (κ2) is 7.98. The molecule has 0 aliphatic carbocycles. The Morgan fingerprint density at radius 2 is 1.84 bits per heavy atom. The van der Waals surface area contributed by atoms with Gasteiger partial charge in [-0.25, -0.2) is 9.98 Å². The molecule has 156 valence electrons. The number of aromatic nitrogens is 1. The molecule has 3 heterocycles. The molecule has 0 spiro atoms. The molecule has 2 aromatic carbocycles. The fourth-order valence-electron chi connectivity index (χ4n) is 3.94. The Labute approximate surface area is 189 Å². The van der Waals surface area contributed by atoms with Gasteiger partial charge >= 0.3 is 0 Å². The van der Waals surface area contributed by atoms with E-state index >= 15 is 0 Å². The zero-order chi connectivity index (χ0) is 21.5. The van der Waals surface area contributed by atoms with Gasteiger partial charge in [0.05, 0.1) is 26.6 Å². The van der Waals surface area contributed by atoms with Crippen LogP contribution in [0.5, 0.6) is 0 Å². The number of para-hydroxylation sites is 1. The molecule has 7 heteroatoms. The highest BCUT2D eigenvalue weighted by Crippen LogP contribution is 2.40. The summed E-state index contributed by atoms with van der Waals surface area (Å²) in [5, 5.41) is 1.75. The largest absolute Gasteiger partial charge is 0.340 e. The molecule has 2 aliphatic rings. The Bertz CT molecular complexity index is 1290. The molecule has 0 bridgehead atoms. The van der Waals surface area contributed by atoms with Gasteiger partial charge in [-0.15, -0.1) is 11.3 Å². The molecule has 5 nitrogen and oxygen atoms in total. The molecular weight excluding hydrogens is 424 g/mol. The number of thiazole rings is 1. The van der Waals surface area contributed by atoms with Crippen LogP contribution in [-0.2, 0) is 4.79 Å². The number of carbonyl (C=O) groups is 1. The van der Waals surface area contributed by atoms with Crippen LogP contribution >= 0.6 is 23.1 Å². The number of likely N-dealkylation sites (N-methyl/N-ethyl adjacent to an activating group) is 2. The van der Waals surface area contributed by atoms with E-state index in [4.69, 9.17) is 4.99 Å². The van der Waals surface area contributed by atoms with Crippen molar-refractivity contribution in [2.24, 2.45) is 4.99 Å². The molecular formula is C24H22N4OS2. The van der Waals surface area contributed by atoms with Crippen LogP contribution in [0.4, 0.5) is 11.4 Å². The number of fused-ring (bicyclic) bond motifs is 2. The number of hydrogen-bond acceptors (Lipinski definition) is 6. The summed E-state index contributed by atoms with van der Waals surface area (Å²) in [5.74, 6) is 0.00862. The fraction of sp³-hybridized carbons (Fsp3) is 0.208. The predicted octanol–water partition coefficient (Wildman–Crippen LogP) is 5.95. The van der Waals surface area contributed by atoms with Gasteiger partial charge in [0, 0.05) is 18.8 Å². The Kier molecular flexibility index (Phi) is 5.16. The normalized spacial score (nSPS) is 19.7. The number of amidine groups is 1. The summed E-state index contributed by atoms with van der Waals surface area (Å²) in [7, 11) is 0. The maximum absolute atomic E-state index is 13.3. The molecule has 31 heavy (non-hydrogen) atoms. The third kappa shape index (κ3) is 3.47. The highest BCUT2D eigenvalue weighted by atomic mass is 32.2. The van der Waals surface area contributed by atoms with E-state index in [1.165, 1.54) is 11.8 Å². The second-order valence-electron chi connectivity index (χ2n) is 7.28. The fourth-order valence-corrected chi connectivity index (χ4v) is 5.88. The number of aliphatic imine (C=N–C) groups is 1. The van der Waals surface area contributed by atoms with E-state index in [1.807, 2.05) is 44.2 Å². The Morgan fingerprint density at radius 3 is 2.65 bits per heavy atom. The molecule has 0 atom stereocenters. The van der Waals surface area contributed by atoms with Crippen molar-refractivity contribution in [3.63, 3.8) is 0 Å². The van der Waals surface area contributed by atoms with Crippen molar-refractivity contribution in [2.45, 2.75) is 20.8 Å². The summed E-state index contributed by atoms with van der Waals surface area (Å²) in [6, 6.07) is 14.3. The van der Waals surface area contributed by atoms with Crippen LogP contribution in [0.2, 0.25) is 0 Å². The average Bonchev–Trinajstić information content (AvgIpc) is 3.30. The van der Waals surface area contributed by atoms with Crippen LogP contribution in [0.25, 0.3) is 16.3 Å². The van der Waals surface area contributed by atoms with Crippen molar-refractivity contribution in [3.05, 3.63) is 69.7 Å². The van der Waals surface area contributed by atoms with Crippen LogP contribution in [-0.4, -0.2) is 34.0 Å². The number of rotatable bonds is 3. The van der Waals surface area contributed by atoms with Crippen molar-refractivity contribution in [3.8, 4) is 0 Å². The summed E-state index contributed by atoms with van der Waals surface area (Å²) in [5.41, 5.74) is 4.99. The van der Waals surface area contributed by atoms with Gasteiger partial charge in [-0.1, -0.05) is 24.3 Å². The van der Waals surface area contributed by atoms with E-state index in [2.05, 4.69) is 41.1 Å². The van der Waals surface area contributed by atoms with E-state index in [0.29, 0.717) is 11.7 Å². The van der Waals surface area contributed by atoms with E-state index in [0.717, 1.165) is 49.3 Å². The van der Waals surface area contributed by atoms with E-state index in [1.54, 1.807) is 16.2 Å². The number of allylic oxidation sites excluding steroid dienone is 1. The molecule has 0 radical (unpaired) electrons. The predicted molar refractivity (Wildman–Crippen MR) is 132 cm³/mol. The Hall–Kier alpha value is -2.90. The lowest BCUT2D eigenvalue weighted by atomic mass is 10.1. The van der Waals surface area contributed by atoms with Gasteiger partial charge in [0.25, 0.3) is 5.91 Å². The minimum Gasteiger partial charge on any atom is -0.340 e. The van der Waals surface area contributed by atoms with Crippen molar-refractivity contribution in [1.82, 2.24) is 9.88 Å². The molecule has 2 aliphatic heterocycles. The monoisotopic (exact) mass is 446 g/mol. The number of aryl methyl sites for hydroxylation is 1. The van der Waals surface area contributed by atoms with Crippen LogP contribution < -0.4 is 4.90 Å². The van der Waals surface area contributed by atoms with E-state index in [-0.39, 0.29) is 5.91 Å². The van der Waals surface area contributed by atoms with Crippen molar-refractivity contribution >= 4 is 61.8 Å². The van der Waals surface area contributed by atoms with Crippen LogP contribution in [0.1, 0.15) is 24.4 Å². The number of amides is 1. The van der Waals surface area contributed by atoms with Crippen LogP contribution in [0.3, 0.4) is 0 Å². The minimum absolute atomic E-state index is 0.00862. The zero-order valence-corrected chi connectivity index (χ0v) is 19.3. The van der Waals surface area contributed by atoms with Gasteiger partial charge in [0.2, 0.25) is 0 Å². The second-order valence-corrected chi connectivity index (χ2v) is 9.49. The van der Waals surface area contributed by atoms with E-state index < -0.39 is 0 Å². The first-order valence-electron chi connectivity index (χ1n) is 10.3. The number of benzene rings is 2. The van der Waals surface area contributed by atoms with E-state index in [9.17, 15) is 4.79 Å². The molecule has 5 rings (SSSR count). The maximum Gasteiger partial charge on any atom is 0.268 e. The molecule has 0 unspecified atom stereocenters. The quantitative estimate of drug-likeness (QED) is 0.466. The highest BCUT2D eigenvalue weighted by molar-refractivity contribution is 8.18. The summed E-state index contributed by atoms with van der Waals surface area (Å²) in [6.45, 7) is 7.46. The SMILES string of the molecule is CCN1C(=O)/C(=C2/C=Cc3ccccc3N2CC)SC1=Nc1ccc2sc(C)nc2c1. The third-order valence-electron chi connectivity index (χ3n) is 5.37. The first kappa shape index (κ1) is 20.0.